The van der Waals surface area contributed by atoms with Crippen LogP contribution in [-0.4, -0.2) is 63.0 Å². The highest BCUT2D eigenvalue weighted by Gasteiger charge is 2.35. The fourth-order valence-electron chi connectivity index (χ4n) is 3.36. The van der Waals surface area contributed by atoms with Crippen molar-refractivity contribution in [3.8, 4) is 0 Å². The second-order valence-corrected chi connectivity index (χ2v) is 9.12. The Labute approximate surface area is 163 Å². The van der Waals surface area contributed by atoms with Crippen LogP contribution in [-0.2, 0) is 30.7 Å². The third kappa shape index (κ3) is 4.05. The summed E-state index contributed by atoms with van der Waals surface area (Å²) in [6.07, 6.45) is -0.698. The van der Waals surface area contributed by atoms with Gasteiger partial charge in [0.05, 0.1) is 18.1 Å². The van der Waals surface area contributed by atoms with Crippen molar-refractivity contribution in [3.05, 3.63) is 35.6 Å². The van der Waals surface area contributed by atoms with Gasteiger partial charge in [0, 0.05) is 31.1 Å². The van der Waals surface area contributed by atoms with Crippen molar-refractivity contribution in [2.24, 2.45) is 0 Å². The highest BCUT2D eigenvalue weighted by Crippen LogP contribution is 2.27. The Morgan fingerprint density at radius 1 is 1.32 bits per heavy atom. The summed E-state index contributed by atoms with van der Waals surface area (Å²) in [6.45, 7) is 1.61. The molecule has 3 rings (SSSR count). The zero-order valence-electron chi connectivity index (χ0n) is 16.0. The molecule has 28 heavy (non-hydrogen) atoms. The Morgan fingerprint density at radius 3 is 2.68 bits per heavy atom. The lowest BCUT2D eigenvalue weighted by molar-refractivity contribution is -0.140. The van der Waals surface area contributed by atoms with Gasteiger partial charge in [-0.25, -0.2) is 13.2 Å². The number of methoxy groups -OCH3 is 1. The molecule has 0 N–H and O–H groups in total. The molecular weight excluding hydrogens is 386 g/mol. The molecule has 1 amide bonds. The number of esters is 1. The molecule has 0 radical (unpaired) electrons. The van der Waals surface area contributed by atoms with Crippen molar-refractivity contribution < 1.29 is 31.9 Å². The first kappa shape index (κ1) is 20.3. The Morgan fingerprint density at radius 2 is 2.04 bits per heavy atom. The number of hydrogen-bond donors (Lipinski definition) is 0. The zero-order valence-corrected chi connectivity index (χ0v) is 16.8. The molecule has 1 aromatic heterocycles. The van der Waals surface area contributed by atoms with Gasteiger partial charge in [-0.15, -0.1) is 0 Å². The number of carbonyl (C=O) groups excluding carboxylic acids is 2. The minimum Gasteiger partial charge on any atom is -0.449 e. The fraction of sp³-hybridized carbons (Fsp3) is 0.474. The molecular formula is C19H23NO7S. The summed E-state index contributed by atoms with van der Waals surface area (Å²) < 4.78 is 39.4. The number of rotatable bonds is 6. The Balaban J connectivity index is 1.74. The van der Waals surface area contributed by atoms with Crippen LogP contribution in [0.5, 0.6) is 0 Å². The number of furan rings is 1. The standard InChI is InChI=1S/C19H23NO7S/c1-12(18(21)20(2)13-8-9-28(23,24)11-13)26-19(22)17-15(10-25-3)14-6-4-5-7-16(14)27-17/h4-7,12-13H,8-11H2,1-3H3/t12-,13-/m0/s1. The first-order valence-corrected chi connectivity index (χ1v) is 10.7. The van der Waals surface area contributed by atoms with Gasteiger partial charge < -0.3 is 18.8 Å². The van der Waals surface area contributed by atoms with E-state index in [2.05, 4.69) is 0 Å². The van der Waals surface area contributed by atoms with Gasteiger partial charge in [-0.1, -0.05) is 18.2 Å². The molecule has 0 unspecified atom stereocenters. The predicted molar refractivity (Wildman–Crippen MR) is 102 cm³/mol. The van der Waals surface area contributed by atoms with E-state index in [9.17, 15) is 18.0 Å². The van der Waals surface area contributed by atoms with Gasteiger partial charge in [0.1, 0.15) is 5.58 Å². The summed E-state index contributed by atoms with van der Waals surface area (Å²) in [5.74, 6) is -1.24. The summed E-state index contributed by atoms with van der Waals surface area (Å²) in [4.78, 5) is 26.6. The molecule has 1 saturated heterocycles. The minimum absolute atomic E-state index is 0.00574. The van der Waals surface area contributed by atoms with Crippen molar-refractivity contribution in [2.45, 2.75) is 32.1 Å². The van der Waals surface area contributed by atoms with E-state index in [0.29, 0.717) is 17.6 Å². The SMILES string of the molecule is COCc1c(C(=O)O[C@@H](C)C(=O)N(C)[C@H]2CCS(=O)(=O)C2)oc2ccccc12. The lowest BCUT2D eigenvalue weighted by Crippen LogP contribution is -2.44. The van der Waals surface area contributed by atoms with E-state index in [-0.39, 0.29) is 23.9 Å². The van der Waals surface area contributed by atoms with E-state index in [1.54, 1.807) is 12.1 Å². The fourth-order valence-corrected chi connectivity index (χ4v) is 5.14. The second kappa shape index (κ2) is 7.92. The Kier molecular flexibility index (Phi) is 5.76. The number of ether oxygens (including phenoxy) is 2. The van der Waals surface area contributed by atoms with E-state index in [0.717, 1.165) is 5.39 Å². The van der Waals surface area contributed by atoms with Gasteiger partial charge in [-0.05, 0) is 19.4 Å². The maximum absolute atomic E-state index is 12.6. The molecule has 1 aromatic carbocycles. The number of carbonyl (C=O) groups is 2. The maximum Gasteiger partial charge on any atom is 0.375 e. The van der Waals surface area contributed by atoms with Crippen molar-refractivity contribution in [1.29, 1.82) is 0 Å². The molecule has 2 aromatic rings. The average molecular weight is 409 g/mol. The lowest BCUT2D eigenvalue weighted by atomic mass is 10.1. The quantitative estimate of drug-likeness (QED) is 0.670. The molecule has 0 aliphatic carbocycles. The van der Waals surface area contributed by atoms with Crippen LogP contribution in [0.1, 0.15) is 29.5 Å². The zero-order chi connectivity index (χ0) is 20.5. The Hall–Kier alpha value is -2.39. The largest absolute Gasteiger partial charge is 0.449 e. The van der Waals surface area contributed by atoms with Crippen LogP contribution in [0.3, 0.4) is 0 Å². The minimum atomic E-state index is -3.12. The summed E-state index contributed by atoms with van der Waals surface area (Å²) in [7, 11) is -0.0919. The molecule has 9 heteroatoms. The van der Waals surface area contributed by atoms with Crippen LogP contribution >= 0.6 is 0 Å². The third-order valence-corrected chi connectivity index (χ3v) is 6.66. The molecule has 1 fully saturated rings. The molecule has 0 spiro atoms. The number of nitrogens with zero attached hydrogens (tertiary/aromatic N) is 1. The van der Waals surface area contributed by atoms with E-state index < -0.39 is 33.9 Å². The molecule has 1 aliphatic rings. The Bertz CT molecular complexity index is 995. The third-order valence-electron chi connectivity index (χ3n) is 4.91. The summed E-state index contributed by atoms with van der Waals surface area (Å²) in [5, 5.41) is 0.739. The maximum atomic E-state index is 12.6. The number of fused-ring (bicyclic) bond motifs is 1. The van der Waals surface area contributed by atoms with Crippen molar-refractivity contribution in [3.63, 3.8) is 0 Å². The van der Waals surface area contributed by atoms with Crippen LogP contribution in [0.25, 0.3) is 11.0 Å². The van der Waals surface area contributed by atoms with E-state index in [1.807, 2.05) is 12.1 Å². The van der Waals surface area contributed by atoms with E-state index >= 15 is 0 Å². The van der Waals surface area contributed by atoms with Crippen molar-refractivity contribution >= 4 is 32.7 Å². The lowest BCUT2D eigenvalue weighted by Gasteiger charge is -2.26. The van der Waals surface area contributed by atoms with Crippen LogP contribution in [0.4, 0.5) is 0 Å². The molecule has 1 aliphatic heterocycles. The highest BCUT2D eigenvalue weighted by atomic mass is 32.2. The van der Waals surface area contributed by atoms with E-state index in [4.69, 9.17) is 13.9 Å². The molecule has 152 valence electrons. The van der Waals surface area contributed by atoms with Gasteiger partial charge in [-0.3, -0.25) is 4.79 Å². The number of amides is 1. The van der Waals surface area contributed by atoms with Crippen LogP contribution in [0.2, 0.25) is 0 Å². The summed E-state index contributed by atoms with van der Waals surface area (Å²) >= 11 is 0. The van der Waals surface area contributed by atoms with Gasteiger partial charge in [0.2, 0.25) is 5.76 Å². The molecule has 0 saturated carbocycles. The molecule has 2 atom stereocenters. The van der Waals surface area contributed by atoms with Crippen LogP contribution in [0, 0.1) is 0 Å². The second-order valence-electron chi connectivity index (χ2n) is 6.89. The van der Waals surface area contributed by atoms with E-state index in [1.165, 1.54) is 26.0 Å². The molecule has 8 nitrogen and oxygen atoms in total. The summed E-state index contributed by atoms with van der Waals surface area (Å²) in [5.41, 5.74) is 1.08. The van der Waals surface area contributed by atoms with Crippen molar-refractivity contribution in [1.82, 2.24) is 4.90 Å². The number of para-hydroxylation sites is 1. The van der Waals surface area contributed by atoms with Gasteiger partial charge >= 0.3 is 5.97 Å². The smallest absolute Gasteiger partial charge is 0.375 e. The van der Waals surface area contributed by atoms with Crippen molar-refractivity contribution in [2.75, 3.05) is 25.7 Å². The number of benzene rings is 1. The number of likely N-dealkylation sites (N-methyl/N-ethyl adjacent to an activating group) is 1. The number of sulfone groups is 1. The predicted octanol–water partition coefficient (Wildman–Crippen LogP) is 1.77. The number of hydrogen-bond acceptors (Lipinski definition) is 7. The molecule has 2 heterocycles. The van der Waals surface area contributed by atoms with Gasteiger partial charge in [0.15, 0.2) is 15.9 Å². The highest BCUT2D eigenvalue weighted by molar-refractivity contribution is 7.91. The normalized spacial score (nSPS) is 19.5. The van der Waals surface area contributed by atoms with Crippen LogP contribution in [0.15, 0.2) is 28.7 Å². The van der Waals surface area contributed by atoms with Gasteiger partial charge in [0.25, 0.3) is 5.91 Å². The van der Waals surface area contributed by atoms with Gasteiger partial charge in [-0.2, -0.15) is 0 Å². The topological polar surface area (TPSA) is 103 Å². The monoisotopic (exact) mass is 409 g/mol. The first-order valence-electron chi connectivity index (χ1n) is 8.91. The molecule has 0 bridgehead atoms. The summed E-state index contributed by atoms with van der Waals surface area (Å²) in [6, 6.07) is 6.74. The average Bonchev–Trinajstić information content (AvgIpc) is 3.21. The van der Waals surface area contributed by atoms with Crippen LogP contribution < -0.4 is 0 Å². The first-order chi connectivity index (χ1) is 13.2.